The monoisotopic (exact) mass is 354 g/mol. The van der Waals surface area contributed by atoms with Crippen molar-refractivity contribution >= 4 is 37.8 Å². The minimum atomic E-state index is -0.645. The first kappa shape index (κ1) is 13.2. The molecule has 0 saturated heterocycles. The lowest BCUT2D eigenvalue weighted by Gasteiger charge is -2.09. The van der Waals surface area contributed by atoms with E-state index in [1.807, 2.05) is 0 Å². The molecule has 88 valence electrons. The normalized spacial score (nSPS) is 12.2. The molecular weight excluding hydrogens is 348 g/mol. The minimum absolute atomic E-state index is 0.0703. The molecule has 0 amide bonds. The summed E-state index contributed by atoms with van der Waals surface area (Å²) in [6.45, 7) is 0.0703. The van der Waals surface area contributed by atoms with E-state index in [-0.39, 0.29) is 11.0 Å². The Balaban J connectivity index is 2.98. The van der Waals surface area contributed by atoms with Crippen LogP contribution >= 0.6 is 31.9 Å². The molecule has 8 heteroatoms. The van der Waals surface area contributed by atoms with E-state index in [0.717, 1.165) is 0 Å². The van der Waals surface area contributed by atoms with Crippen molar-refractivity contribution in [3.63, 3.8) is 0 Å². The summed E-state index contributed by atoms with van der Waals surface area (Å²) in [7, 11) is 1.25. The SMILES string of the molecule is COC(=O)C(Br)Cn1cc(Br)c(=O)[nH]c1=O. The number of methoxy groups -OCH3 is 1. The molecule has 0 aliphatic carbocycles. The highest BCUT2D eigenvalue weighted by molar-refractivity contribution is 9.10. The van der Waals surface area contributed by atoms with Crippen LogP contribution < -0.4 is 11.2 Å². The second kappa shape index (κ2) is 5.44. The number of halogens is 2. The van der Waals surface area contributed by atoms with Gasteiger partial charge in [-0.15, -0.1) is 0 Å². The highest BCUT2D eigenvalue weighted by atomic mass is 79.9. The lowest BCUT2D eigenvalue weighted by Crippen LogP contribution is -2.34. The fraction of sp³-hybridized carbons (Fsp3) is 0.375. The van der Waals surface area contributed by atoms with Gasteiger partial charge in [0.05, 0.1) is 18.1 Å². The van der Waals surface area contributed by atoms with Crippen LogP contribution in [0.5, 0.6) is 0 Å². The smallest absolute Gasteiger partial charge is 0.328 e. The topological polar surface area (TPSA) is 81.2 Å². The van der Waals surface area contributed by atoms with Crippen LogP contribution in [-0.4, -0.2) is 27.5 Å². The van der Waals surface area contributed by atoms with Crippen LogP contribution in [-0.2, 0) is 16.1 Å². The van der Waals surface area contributed by atoms with E-state index in [2.05, 4.69) is 41.6 Å². The number of H-pyrrole nitrogens is 1. The number of carbonyl (C=O) groups is 1. The predicted molar refractivity (Wildman–Crippen MR) is 63.8 cm³/mol. The van der Waals surface area contributed by atoms with Crippen LogP contribution in [0.2, 0.25) is 0 Å². The first-order valence-corrected chi connectivity index (χ1v) is 5.87. The number of aromatic amines is 1. The van der Waals surface area contributed by atoms with Crippen LogP contribution in [0.4, 0.5) is 0 Å². The molecule has 0 spiro atoms. The van der Waals surface area contributed by atoms with Crippen LogP contribution in [0.25, 0.3) is 0 Å². The molecule has 1 aromatic rings. The van der Waals surface area contributed by atoms with Gasteiger partial charge in [-0.1, -0.05) is 15.9 Å². The summed E-state index contributed by atoms with van der Waals surface area (Å²) in [4.78, 5) is 35.0. The first-order valence-electron chi connectivity index (χ1n) is 4.17. The third-order valence-electron chi connectivity index (χ3n) is 1.78. The lowest BCUT2D eigenvalue weighted by atomic mass is 10.4. The molecular formula is C8H8Br2N2O4. The average Bonchev–Trinajstić information content (AvgIpc) is 2.24. The maximum atomic E-state index is 11.4. The predicted octanol–water partition coefficient (Wildman–Crippen LogP) is 0.236. The molecule has 0 aromatic carbocycles. The minimum Gasteiger partial charge on any atom is -0.468 e. The Morgan fingerprint density at radius 1 is 1.62 bits per heavy atom. The van der Waals surface area contributed by atoms with Crippen molar-refractivity contribution < 1.29 is 9.53 Å². The molecule has 6 nitrogen and oxygen atoms in total. The van der Waals surface area contributed by atoms with Gasteiger partial charge in [-0.3, -0.25) is 19.1 Å². The first-order chi connectivity index (χ1) is 7.45. The molecule has 0 aliphatic rings. The van der Waals surface area contributed by atoms with Gasteiger partial charge in [0.2, 0.25) is 0 Å². The van der Waals surface area contributed by atoms with Crippen LogP contribution in [0.1, 0.15) is 0 Å². The highest BCUT2D eigenvalue weighted by Gasteiger charge is 2.16. The van der Waals surface area contributed by atoms with E-state index in [9.17, 15) is 14.4 Å². The number of esters is 1. The number of nitrogens with zero attached hydrogens (tertiary/aromatic N) is 1. The second-order valence-corrected chi connectivity index (χ2v) is 4.84. The molecule has 1 aromatic heterocycles. The van der Waals surface area contributed by atoms with Crippen molar-refractivity contribution in [2.24, 2.45) is 0 Å². The van der Waals surface area contributed by atoms with Crippen molar-refractivity contribution in [3.05, 3.63) is 31.5 Å². The van der Waals surface area contributed by atoms with E-state index >= 15 is 0 Å². The van der Waals surface area contributed by atoms with Gasteiger partial charge < -0.3 is 4.74 Å². The van der Waals surface area contributed by atoms with E-state index < -0.39 is 22.0 Å². The third kappa shape index (κ3) is 3.05. The van der Waals surface area contributed by atoms with Crippen molar-refractivity contribution in [1.29, 1.82) is 0 Å². The summed E-state index contributed by atoms with van der Waals surface area (Å²) in [6, 6.07) is 0. The Kier molecular flexibility index (Phi) is 4.48. The second-order valence-electron chi connectivity index (χ2n) is 2.88. The maximum absolute atomic E-state index is 11.4. The van der Waals surface area contributed by atoms with Gasteiger partial charge >= 0.3 is 11.7 Å². The third-order valence-corrected chi connectivity index (χ3v) is 3.01. The Bertz CT molecular complexity index is 507. The molecule has 16 heavy (non-hydrogen) atoms. The quantitative estimate of drug-likeness (QED) is 0.622. The zero-order valence-corrected chi connectivity index (χ0v) is 11.4. The van der Waals surface area contributed by atoms with Crippen LogP contribution in [0, 0.1) is 0 Å². The number of carbonyl (C=O) groups excluding carboxylic acids is 1. The molecule has 1 unspecified atom stereocenters. The van der Waals surface area contributed by atoms with Gasteiger partial charge in [-0.25, -0.2) is 4.79 Å². The molecule has 0 bridgehead atoms. The summed E-state index contributed by atoms with van der Waals surface area (Å²) in [6.07, 6.45) is 1.32. The Hall–Kier alpha value is -0.890. The molecule has 0 fully saturated rings. The fourth-order valence-electron chi connectivity index (χ4n) is 0.993. The summed E-state index contributed by atoms with van der Waals surface area (Å²) in [5.74, 6) is -0.491. The van der Waals surface area contributed by atoms with Gasteiger partial charge in [-0.05, 0) is 15.9 Å². The van der Waals surface area contributed by atoms with E-state index in [4.69, 9.17) is 0 Å². The highest BCUT2D eigenvalue weighted by Crippen LogP contribution is 2.05. The molecule has 1 heterocycles. The summed E-state index contributed by atoms with van der Waals surface area (Å²) in [5.41, 5.74) is -1.09. The number of hydrogen-bond acceptors (Lipinski definition) is 4. The molecule has 0 aliphatic heterocycles. The maximum Gasteiger partial charge on any atom is 0.328 e. The van der Waals surface area contributed by atoms with Gasteiger partial charge in [0.1, 0.15) is 4.83 Å². The van der Waals surface area contributed by atoms with E-state index in [0.29, 0.717) is 0 Å². The number of ether oxygens (including phenoxy) is 1. The molecule has 0 radical (unpaired) electrons. The lowest BCUT2D eigenvalue weighted by molar-refractivity contribution is -0.140. The van der Waals surface area contributed by atoms with Crippen molar-refractivity contribution in [2.75, 3.05) is 7.11 Å². The number of aromatic nitrogens is 2. The zero-order valence-electron chi connectivity index (χ0n) is 8.20. The summed E-state index contributed by atoms with van der Waals surface area (Å²) >= 11 is 6.07. The average molecular weight is 356 g/mol. The largest absolute Gasteiger partial charge is 0.468 e. The van der Waals surface area contributed by atoms with Crippen molar-refractivity contribution in [3.8, 4) is 0 Å². The number of hydrogen-bond donors (Lipinski definition) is 1. The summed E-state index contributed by atoms with van der Waals surface area (Å²) in [5, 5.41) is 0. The molecule has 1 rings (SSSR count). The van der Waals surface area contributed by atoms with Crippen LogP contribution in [0.3, 0.4) is 0 Å². The van der Waals surface area contributed by atoms with E-state index in [1.165, 1.54) is 17.9 Å². The number of nitrogens with one attached hydrogen (secondary N) is 1. The zero-order chi connectivity index (χ0) is 12.3. The van der Waals surface area contributed by atoms with Gasteiger partial charge in [-0.2, -0.15) is 0 Å². The summed E-state index contributed by atoms with van der Waals surface area (Å²) < 4.78 is 5.91. The van der Waals surface area contributed by atoms with Gasteiger partial charge in [0, 0.05) is 6.20 Å². The van der Waals surface area contributed by atoms with Crippen LogP contribution in [0.15, 0.2) is 20.3 Å². The van der Waals surface area contributed by atoms with Gasteiger partial charge in [0.25, 0.3) is 5.56 Å². The van der Waals surface area contributed by atoms with Crippen molar-refractivity contribution in [2.45, 2.75) is 11.4 Å². The molecule has 1 atom stereocenters. The molecule has 0 saturated carbocycles. The van der Waals surface area contributed by atoms with E-state index in [1.54, 1.807) is 0 Å². The number of alkyl halides is 1. The Labute approximate surface area is 107 Å². The standard InChI is InChI=1S/C8H8Br2N2O4/c1-16-7(14)5(10)3-12-2-4(9)6(13)11-8(12)15/h2,5H,3H2,1H3,(H,11,13,15). The Morgan fingerprint density at radius 2 is 2.25 bits per heavy atom. The Morgan fingerprint density at radius 3 is 2.81 bits per heavy atom. The molecule has 1 N–H and O–H groups in total. The number of rotatable bonds is 3. The van der Waals surface area contributed by atoms with Crippen molar-refractivity contribution in [1.82, 2.24) is 9.55 Å². The fourth-order valence-corrected chi connectivity index (χ4v) is 1.84. The van der Waals surface area contributed by atoms with Gasteiger partial charge in [0.15, 0.2) is 0 Å².